The van der Waals surface area contributed by atoms with Crippen molar-refractivity contribution in [3.05, 3.63) is 42.7 Å². The lowest BCUT2D eigenvalue weighted by molar-refractivity contribution is -0.127. The highest BCUT2D eigenvalue weighted by molar-refractivity contribution is 5.91. The van der Waals surface area contributed by atoms with Gasteiger partial charge in [-0.15, -0.1) is 0 Å². The summed E-state index contributed by atoms with van der Waals surface area (Å²) in [7, 11) is 0. The van der Waals surface area contributed by atoms with Gasteiger partial charge < -0.3 is 16.0 Å². The van der Waals surface area contributed by atoms with Gasteiger partial charge >= 0.3 is 0 Å². The normalized spacial score (nSPS) is 14.1. The van der Waals surface area contributed by atoms with E-state index in [1.54, 1.807) is 12.4 Å². The molecule has 27 heavy (non-hydrogen) atoms. The fraction of sp³-hybridized carbons (Fsp3) is 0.300. The van der Waals surface area contributed by atoms with Crippen LogP contribution >= 0.6 is 0 Å². The van der Waals surface area contributed by atoms with Crippen LogP contribution in [0.2, 0.25) is 0 Å². The molecule has 1 aliphatic heterocycles. The number of nitrogens with zero attached hydrogens (tertiary/aromatic N) is 4. The Morgan fingerprint density at radius 3 is 2.89 bits per heavy atom. The first-order valence-electron chi connectivity index (χ1n) is 9.20. The fourth-order valence-corrected chi connectivity index (χ4v) is 3.38. The summed E-state index contributed by atoms with van der Waals surface area (Å²) in [6, 6.07) is 9.60. The summed E-state index contributed by atoms with van der Waals surface area (Å²) in [5, 5.41) is 3.43. The van der Waals surface area contributed by atoms with E-state index in [0.29, 0.717) is 17.9 Å². The van der Waals surface area contributed by atoms with E-state index in [0.717, 1.165) is 54.8 Å². The van der Waals surface area contributed by atoms with E-state index in [1.165, 1.54) is 0 Å². The molecular weight excluding hydrogens is 340 g/mol. The lowest BCUT2D eigenvalue weighted by Gasteiger charge is -2.16. The maximum Gasteiger partial charge on any atom is 0.222 e. The number of aromatic nitrogens is 3. The molecule has 1 fully saturated rings. The Balaban J connectivity index is 1.53. The first-order valence-corrected chi connectivity index (χ1v) is 9.20. The van der Waals surface area contributed by atoms with Crippen molar-refractivity contribution in [2.24, 2.45) is 0 Å². The summed E-state index contributed by atoms with van der Waals surface area (Å²) in [5.41, 5.74) is 10.0. The lowest BCUT2D eigenvalue weighted by atomic mass is 10.2. The molecule has 138 valence electrons. The zero-order valence-electron chi connectivity index (χ0n) is 15.1. The van der Waals surface area contributed by atoms with Gasteiger partial charge in [-0.1, -0.05) is 6.07 Å². The molecule has 0 unspecified atom stereocenters. The number of nitrogens with one attached hydrogen (secondary N) is 1. The van der Waals surface area contributed by atoms with Gasteiger partial charge in [-0.3, -0.25) is 9.78 Å². The van der Waals surface area contributed by atoms with Crippen molar-refractivity contribution >= 4 is 28.4 Å². The average molecular weight is 362 g/mol. The number of para-hydroxylation sites is 1. The number of fused-ring (bicyclic) bond motifs is 1. The van der Waals surface area contributed by atoms with Crippen LogP contribution in [-0.2, 0) is 4.79 Å². The Hall–Kier alpha value is -3.22. The van der Waals surface area contributed by atoms with Crippen LogP contribution in [0.3, 0.4) is 0 Å². The standard InChI is InChI=1S/C20H22N6O/c21-20-18(14-5-2-9-22-13-14)25-19-15(6-1-7-16(19)24-20)23-10-4-12-26-11-3-8-17(26)27/h1-2,5-7,9,13,23H,3-4,8,10-12H2,(H2,21,24). The van der Waals surface area contributed by atoms with E-state index in [9.17, 15) is 4.79 Å². The molecule has 0 spiro atoms. The van der Waals surface area contributed by atoms with Gasteiger partial charge in [0.05, 0.1) is 11.2 Å². The second-order valence-electron chi connectivity index (χ2n) is 6.64. The molecule has 0 atom stereocenters. The molecule has 0 radical (unpaired) electrons. The van der Waals surface area contributed by atoms with Gasteiger partial charge in [0.2, 0.25) is 5.91 Å². The minimum Gasteiger partial charge on any atom is -0.383 e. The predicted molar refractivity (Wildman–Crippen MR) is 106 cm³/mol. The second kappa shape index (κ2) is 7.57. The topological polar surface area (TPSA) is 97.0 Å². The molecule has 1 amide bonds. The van der Waals surface area contributed by atoms with Crippen LogP contribution in [0.5, 0.6) is 0 Å². The number of benzene rings is 1. The van der Waals surface area contributed by atoms with Crippen molar-refractivity contribution in [2.45, 2.75) is 19.3 Å². The first-order chi connectivity index (χ1) is 13.2. The monoisotopic (exact) mass is 362 g/mol. The van der Waals surface area contributed by atoms with Crippen molar-refractivity contribution in [1.29, 1.82) is 0 Å². The summed E-state index contributed by atoms with van der Waals surface area (Å²) in [6.07, 6.45) is 6.00. The van der Waals surface area contributed by atoms with Crippen molar-refractivity contribution in [1.82, 2.24) is 19.9 Å². The van der Waals surface area contributed by atoms with Gasteiger partial charge in [0, 0.05) is 44.0 Å². The number of nitrogen functional groups attached to an aromatic ring is 1. The van der Waals surface area contributed by atoms with Gasteiger partial charge in [0.25, 0.3) is 0 Å². The van der Waals surface area contributed by atoms with Gasteiger partial charge in [-0.2, -0.15) is 0 Å². The SMILES string of the molecule is Nc1nc2cccc(NCCCN3CCCC3=O)c2nc1-c1cccnc1. The molecule has 1 saturated heterocycles. The maximum absolute atomic E-state index is 11.7. The van der Waals surface area contributed by atoms with Gasteiger partial charge in [-0.05, 0) is 37.1 Å². The molecular formula is C20H22N6O. The van der Waals surface area contributed by atoms with E-state index < -0.39 is 0 Å². The quantitative estimate of drug-likeness (QED) is 0.655. The molecule has 1 aromatic carbocycles. The first kappa shape index (κ1) is 17.2. The molecule has 3 aromatic rings. The van der Waals surface area contributed by atoms with Crippen LogP contribution in [0.15, 0.2) is 42.7 Å². The van der Waals surface area contributed by atoms with Crippen LogP contribution in [0, 0.1) is 0 Å². The Morgan fingerprint density at radius 2 is 2.11 bits per heavy atom. The van der Waals surface area contributed by atoms with Gasteiger partial charge in [0.1, 0.15) is 11.2 Å². The van der Waals surface area contributed by atoms with Crippen LogP contribution in [0.25, 0.3) is 22.3 Å². The van der Waals surface area contributed by atoms with Crippen LogP contribution in [-0.4, -0.2) is 45.4 Å². The molecule has 1 aliphatic rings. The third-order valence-electron chi connectivity index (χ3n) is 4.75. The molecule has 0 saturated carbocycles. The highest BCUT2D eigenvalue weighted by Gasteiger charge is 2.19. The maximum atomic E-state index is 11.7. The minimum atomic E-state index is 0.266. The second-order valence-corrected chi connectivity index (χ2v) is 6.64. The number of carbonyl (C=O) groups excluding carboxylic acids is 1. The van der Waals surface area contributed by atoms with Crippen molar-refractivity contribution in [3.63, 3.8) is 0 Å². The summed E-state index contributed by atoms with van der Waals surface area (Å²) < 4.78 is 0. The Bertz CT molecular complexity index is 959. The summed E-state index contributed by atoms with van der Waals surface area (Å²) in [5.74, 6) is 0.655. The molecule has 7 heteroatoms. The number of hydrogen-bond donors (Lipinski definition) is 2. The number of anilines is 2. The highest BCUT2D eigenvalue weighted by atomic mass is 16.2. The Kier molecular flexibility index (Phi) is 4.82. The van der Waals surface area contributed by atoms with E-state index in [2.05, 4.69) is 15.3 Å². The molecule has 2 aromatic heterocycles. The number of nitrogens with two attached hydrogens (primary N) is 1. The molecule has 3 heterocycles. The average Bonchev–Trinajstić information content (AvgIpc) is 3.10. The zero-order valence-corrected chi connectivity index (χ0v) is 15.1. The number of likely N-dealkylation sites (tertiary alicyclic amines) is 1. The zero-order chi connectivity index (χ0) is 18.6. The lowest BCUT2D eigenvalue weighted by Crippen LogP contribution is -2.27. The number of amides is 1. The minimum absolute atomic E-state index is 0.266. The van der Waals surface area contributed by atoms with Crippen molar-refractivity contribution < 1.29 is 4.79 Å². The largest absolute Gasteiger partial charge is 0.383 e. The van der Waals surface area contributed by atoms with Crippen LogP contribution in [0.1, 0.15) is 19.3 Å². The predicted octanol–water partition coefficient (Wildman–Crippen LogP) is 2.70. The molecule has 0 aliphatic carbocycles. The van der Waals surface area contributed by atoms with Gasteiger partial charge in [-0.25, -0.2) is 9.97 Å². The number of hydrogen-bond acceptors (Lipinski definition) is 6. The van der Waals surface area contributed by atoms with E-state index in [-0.39, 0.29) is 5.91 Å². The molecule has 7 nitrogen and oxygen atoms in total. The van der Waals surface area contributed by atoms with E-state index >= 15 is 0 Å². The van der Waals surface area contributed by atoms with Crippen LogP contribution in [0.4, 0.5) is 11.5 Å². The molecule has 0 bridgehead atoms. The summed E-state index contributed by atoms with van der Waals surface area (Å²) in [6.45, 7) is 2.43. The third kappa shape index (κ3) is 3.67. The van der Waals surface area contributed by atoms with E-state index in [4.69, 9.17) is 10.7 Å². The van der Waals surface area contributed by atoms with Gasteiger partial charge in [0.15, 0.2) is 5.82 Å². The number of carbonyl (C=O) groups is 1. The summed E-state index contributed by atoms with van der Waals surface area (Å²) in [4.78, 5) is 27.0. The third-order valence-corrected chi connectivity index (χ3v) is 4.75. The summed E-state index contributed by atoms with van der Waals surface area (Å²) >= 11 is 0. The van der Waals surface area contributed by atoms with Crippen molar-refractivity contribution in [3.8, 4) is 11.3 Å². The van der Waals surface area contributed by atoms with Crippen molar-refractivity contribution in [2.75, 3.05) is 30.7 Å². The highest BCUT2D eigenvalue weighted by Crippen LogP contribution is 2.27. The van der Waals surface area contributed by atoms with E-state index in [1.807, 2.05) is 35.2 Å². The number of rotatable bonds is 6. The molecule has 3 N–H and O–H groups in total. The Labute approximate surface area is 157 Å². The van der Waals surface area contributed by atoms with Crippen LogP contribution < -0.4 is 11.1 Å². The fourth-order valence-electron chi connectivity index (χ4n) is 3.38. The smallest absolute Gasteiger partial charge is 0.222 e. The Morgan fingerprint density at radius 1 is 1.19 bits per heavy atom. The molecule has 4 rings (SSSR count). The number of pyridine rings is 1.